The van der Waals surface area contributed by atoms with E-state index in [0.717, 1.165) is 0 Å². The molecule has 0 N–H and O–H groups in total. The van der Waals surface area contributed by atoms with Crippen molar-refractivity contribution in [3.05, 3.63) is 85.0 Å². The van der Waals surface area contributed by atoms with Crippen molar-refractivity contribution in [3.63, 3.8) is 0 Å². The second-order valence-corrected chi connectivity index (χ2v) is 13.5. The van der Waals surface area contributed by atoms with Gasteiger partial charge in [-0.1, -0.05) is 106 Å². The molecule has 3 nitrogen and oxygen atoms in total. The molecule has 1 fully saturated rings. The average molecular weight is 435 g/mol. The minimum absolute atomic E-state index is 0.0886. The summed E-state index contributed by atoms with van der Waals surface area (Å²) in [5.74, 6) is -0.199. The topological polar surface area (TPSA) is 35.5 Å². The van der Waals surface area contributed by atoms with Crippen LogP contribution < -0.4 is 10.4 Å². The number of hydrogen-bond donors (Lipinski definition) is 0. The summed E-state index contributed by atoms with van der Waals surface area (Å²) < 4.78 is 12.6. The van der Waals surface area contributed by atoms with Crippen LogP contribution in [0, 0.1) is 5.92 Å². The minimum Gasteiger partial charge on any atom is -0.460 e. The van der Waals surface area contributed by atoms with Crippen molar-refractivity contribution in [2.75, 3.05) is 6.61 Å². The molecule has 2 atom stereocenters. The molecular weight excluding hydrogens is 400 g/mol. The van der Waals surface area contributed by atoms with Crippen molar-refractivity contribution in [3.8, 4) is 0 Å². The number of carbonyl (C=O) groups excluding carboxylic acids is 1. The highest BCUT2D eigenvalue weighted by atomic mass is 28.4. The lowest BCUT2D eigenvalue weighted by Crippen LogP contribution is -2.67. The van der Waals surface area contributed by atoms with Crippen molar-refractivity contribution >= 4 is 24.7 Å². The van der Waals surface area contributed by atoms with Gasteiger partial charge in [-0.2, -0.15) is 0 Å². The van der Waals surface area contributed by atoms with Crippen LogP contribution in [0.5, 0.6) is 0 Å². The predicted molar refractivity (Wildman–Crippen MR) is 130 cm³/mol. The second kappa shape index (κ2) is 10.3. The highest BCUT2D eigenvalue weighted by Gasteiger charge is 2.51. The molecule has 0 spiro atoms. The van der Waals surface area contributed by atoms with Crippen LogP contribution >= 0.6 is 0 Å². The Morgan fingerprint density at radius 1 is 1.00 bits per heavy atom. The van der Waals surface area contributed by atoms with E-state index in [1.54, 1.807) is 0 Å². The Morgan fingerprint density at radius 2 is 1.58 bits per heavy atom. The van der Waals surface area contributed by atoms with E-state index in [-0.39, 0.29) is 23.0 Å². The standard InChI is InChI=1S/C27H34O3Si/c1-5-6-7-10-15-22-20-23(30-26(22)28)21-29-31(27(2,3)4,24-16-11-8-12-17-24)25-18-13-9-14-19-25/h5-14,16-19,22-23H,15,20-21H2,1-4H3/b6-5+,10-7+/t22-,23-/m0/s1. The predicted octanol–water partition coefficient (Wildman–Crippen LogP) is 5.02. The van der Waals surface area contributed by atoms with Crippen molar-refractivity contribution < 1.29 is 14.0 Å². The third kappa shape index (κ3) is 5.25. The summed E-state index contributed by atoms with van der Waals surface area (Å²) in [5.41, 5.74) is 0. The first kappa shape index (κ1) is 23.2. The normalized spacial score (nSPS) is 19.9. The number of cyclic esters (lactones) is 1. The van der Waals surface area contributed by atoms with E-state index in [2.05, 4.69) is 69.3 Å². The molecule has 31 heavy (non-hydrogen) atoms. The molecule has 2 aromatic carbocycles. The van der Waals surface area contributed by atoms with Gasteiger partial charge in [-0.3, -0.25) is 4.79 Å². The summed E-state index contributed by atoms with van der Waals surface area (Å²) in [5, 5.41) is 2.39. The van der Waals surface area contributed by atoms with Gasteiger partial charge in [0.2, 0.25) is 0 Å². The zero-order valence-corrected chi connectivity index (χ0v) is 20.1. The van der Waals surface area contributed by atoms with Crippen LogP contribution in [-0.4, -0.2) is 27.0 Å². The fourth-order valence-electron chi connectivity index (χ4n) is 4.43. The van der Waals surface area contributed by atoms with E-state index in [9.17, 15) is 4.79 Å². The average Bonchev–Trinajstić information content (AvgIpc) is 3.12. The van der Waals surface area contributed by atoms with Crippen LogP contribution in [0.15, 0.2) is 85.0 Å². The maximum Gasteiger partial charge on any atom is 0.309 e. The van der Waals surface area contributed by atoms with E-state index in [1.165, 1.54) is 10.4 Å². The lowest BCUT2D eigenvalue weighted by Gasteiger charge is -2.43. The fourth-order valence-corrected chi connectivity index (χ4v) is 9.02. The molecule has 0 aromatic heterocycles. The summed E-state index contributed by atoms with van der Waals surface area (Å²) in [6, 6.07) is 21.1. The highest BCUT2D eigenvalue weighted by Crippen LogP contribution is 2.37. The van der Waals surface area contributed by atoms with Crippen LogP contribution in [0.25, 0.3) is 0 Å². The zero-order chi connectivity index (χ0) is 22.3. The molecule has 0 saturated carbocycles. The Morgan fingerprint density at radius 3 is 2.10 bits per heavy atom. The van der Waals surface area contributed by atoms with E-state index >= 15 is 0 Å². The molecule has 0 radical (unpaired) electrons. The van der Waals surface area contributed by atoms with Gasteiger partial charge < -0.3 is 9.16 Å². The molecule has 0 aliphatic carbocycles. The molecule has 1 saturated heterocycles. The summed E-state index contributed by atoms with van der Waals surface area (Å²) in [4.78, 5) is 12.4. The summed E-state index contributed by atoms with van der Waals surface area (Å²) >= 11 is 0. The maximum atomic E-state index is 12.4. The van der Waals surface area contributed by atoms with E-state index in [4.69, 9.17) is 9.16 Å². The summed E-state index contributed by atoms with van der Waals surface area (Å²) in [6.45, 7) is 9.18. The molecule has 164 valence electrons. The first-order chi connectivity index (χ1) is 14.9. The van der Waals surface area contributed by atoms with Gasteiger partial charge in [0.15, 0.2) is 0 Å². The fraction of sp³-hybridized carbons (Fsp3) is 0.370. The zero-order valence-electron chi connectivity index (χ0n) is 19.1. The Labute approximate surface area is 187 Å². The van der Waals surface area contributed by atoms with Crippen molar-refractivity contribution in [1.82, 2.24) is 0 Å². The molecule has 1 aliphatic heterocycles. The highest BCUT2D eigenvalue weighted by molar-refractivity contribution is 6.99. The van der Waals surface area contributed by atoms with E-state index < -0.39 is 8.32 Å². The van der Waals surface area contributed by atoms with Crippen LogP contribution in [-0.2, 0) is 14.0 Å². The van der Waals surface area contributed by atoms with Gasteiger partial charge in [0.1, 0.15) is 6.10 Å². The Hall–Kier alpha value is -2.43. The number of carbonyl (C=O) groups is 1. The molecular formula is C27H34O3Si. The molecule has 0 unspecified atom stereocenters. The number of esters is 1. The summed E-state index contributed by atoms with van der Waals surface area (Å²) in [6.07, 6.45) is 9.19. The van der Waals surface area contributed by atoms with Gasteiger partial charge in [0.25, 0.3) is 8.32 Å². The molecule has 2 aromatic rings. The number of rotatable bonds is 8. The van der Waals surface area contributed by atoms with Crippen LogP contribution in [0.3, 0.4) is 0 Å². The lowest BCUT2D eigenvalue weighted by molar-refractivity contribution is -0.145. The van der Waals surface area contributed by atoms with E-state index in [0.29, 0.717) is 19.4 Å². The van der Waals surface area contributed by atoms with E-state index in [1.807, 2.05) is 43.4 Å². The Kier molecular flexibility index (Phi) is 7.68. The Bertz CT molecular complexity index is 858. The van der Waals surface area contributed by atoms with Gasteiger partial charge in [0, 0.05) is 6.42 Å². The third-order valence-electron chi connectivity index (χ3n) is 5.93. The monoisotopic (exact) mass is 434 g/mol. The van der Waals surface area contributed by atoms with Crippen LogP contribution in [0.4, 0.5) is 0 Å². The SMILES string of the molecule is C/C=C/C=C/C[C@H]1C[C@@H](CO[Si](c2ccccc2)(c2ccccc2)C(C)(C)C)OC1=O. The molecule has 0 bridgehead atoms. The molecule has 4 heteroatoms. The van der Waals surface area contributed by atoms with Gasteiger partial charge in [-0.05, 0) is 28.8 Å². The maximum absolute atomic E-state index is 12.4. The molecule has 0 amide bonds. The number of hydrogen-bond acceptors (Lipinski definition) is 3. The first-order valence-corrected chi connectivity index (χ1v) is 13.0. The third-order valence-corrected chi connectivity index (χ3v) is 10.9. The van der Waals surface area contributed by atoms with Crippen molar-refractivity contribution in [1.29, 1.82) is 0 Å². The van der Waals surface area contributed by atoms with Crippen LogP contribution in [0.2, 0.25) is 5.04 Å². The molecule has 1 heterocycles. The molecule has 1 aliphatic rings. The molecule has 3 rings (SSSR count). The largest absolute Gasteiger partial charge is 0.460 e. The van der Waals surface area contributed by atoms with Crippen molar-refractivity contribution in [2.24, 2.45) is 5.92 Å². The number of ether oxygens (including phenoxy) is 1. The number of benzene rings is 2. The number of allylic oxidation sites excluding steroid dienone is 4. The van der Waals surface area contributed by atoms with Crippen LogP contribution in [0.1, 0.15) is 40.5 Å². The first-order valence-electron chi connectivity index (χ1n) is 11.1. The van der Waals surface area contributed by atoms with Gasteiger partial charge in [-0.25, -0.2) is 0 Å². The van der Waals surface area contributed by atoms with Gasteiger partial charge in [0.05, 0.1) is 12.5 Å². The Balaban J connectivity index is 1.85. The van der Waals surface area contributed by atoms with Crippen molar-refractivity contribution in [2.45, 2.75) is 51.7 Å². The van der Waals surface area contributed by atoms with Gasteiger partial charge in [-0.15, -0.1) is 0 Å². The minimum atomic E-state index is -2.61. The van der Waals surface area contributed by atoms with Gasteiger partial charge >= 0.3 is 5.97 Å². The summed E-state index contributed by atoms with van der Waals surface area (Å²) in [7, 11) is -2.61. The lowest BCUT2D eigenvalue weighted by atomic mass is 10.0. The smallest absolute Gasteiger partial charge is 0.309 e. The second-order valence-electron chi connectivity index (χ2n) is 9.16. The quantitative estimate of drug-likeness (QED) is 0.333.